The number of hydrogen-bond acceptors (Lipinski definition) is 11. The van der Waals surface area contributed by atoms with Crippen molar-refractivity contribution < 1.29 is 48.5 Å². The van der Waals surface area contributed by atoms with Crippen molar-refractivity contribution in [2.75, 3.05) is 18.9 Å². The maximum atomic E-state index is 11.1. The quantitative estimate of drug-likeness (QED) is 0.0831. The van der Waals surface area contributed by atoms with Crippen LogP contribution in [0.3, 0.4) is 0 Å². The molecular weight excluding hydrogens is 540 g/mol. The van der Waals surface area contributed by atoms with Crippen LogP contribution in [-0.4, -0.2) is 69.7 Å². The number of amidine groups is 1. The second kappa shape index (κ2) is 20.0. The molecule has 0 bridgehead atoms. The fourth-order valence-electron chi connectivity index (χ4n) is 2.77. The third kappa shape index (κ3) is 13.9. The Balaban J connectivity index is -0.000000513. The van der Waals surface area contributed by atoms with Gasteiger partial charge in [-0.25, -0.2) is 19.4 Å². The molecule has 1 atom stereocenters. The number of anilines is 1. The van der Waals surface area contributed by atoms with Gasteiger partial charge < -0.3 is 31.2 Å². The molecule has 15 heteroatoms. The smallest absolute Gasteiger partial charge is 0.375 e. The number of Topliss-reactive ketones (excluding diaryl/α,β-unsaturated/α-hetero) is 2. The number of hydrogen-bond donors (Lipinski definition) is 5. The number of aromatic nitrogens is 1. The van der Waals surface area contributed by atoms with Crippen LogP contribution >= 0.6 is 12.4 Å². The number of aromatic carboxylic acids is 2. The van der Waals surface area contributed by atoms with Crippen LogP contribution in [0.2, 0.25) is 0 Å². The van der Waals surface area contributed by atoms with Crippen LogP contribution in [0, 0.1) is 18.3 Å². The molecule has 220 valence electrons. The maximum Gasteiger partial charge on any atom is 0.375 e. The number of ketones is 2. The third-order valence-electron chi connectivity index (χ3n) is 4.67. The monoisotopic (exact) mass is 576 g/mol. The number of carboxylic acids is 2. The highest BCUT2D eigenvalue weighted by molar-refractivity contribution is 6.38. The number of nitrogen functional groups attached to an aromatic ring is 1. The number of carbonyl (C=O) groups is 6. The number of nitrogens with two attached hydrogens (primary N) is 2. The molecule has 0 spiro atoms. The number of esters is 2. The Kier molecular flexibility index (Phi) is 20.2. The molecule has 0 radical (unpaired) electrons. The van der Waals surface area contributed by atoms with E-state index in [1.807, 2.05) is 0 Å². The first-order valence-electron chi connectivity index (χ1n) is 11.6. The van der Waals surface area contributed by atoms with Crippen molar-refractivity contribution >= 4 is 59.5 Å². The van der Waals surface area contributed by atoms with Gasteiger partial charge in [0.1, 0.15) is 29.4 Å². The van der Waals surface area contributed by atoms with Crippen LogP contribution in [0.1, 0.15) is 79.4 Å². The number of nitrogens with zero attached hydrogens (tertiary/aromatic N) is 1. The number of carbonyl (C=O) groups excluding carboxylic acids is 4. The van der Waals surface area contributed by atoms with Crippen molar-refractivity contribution in [3.8, 4) is 0 Å². The molecule has 7 N–H and O–H groups in total. The summed E-state index contributed by atoms with van der Waals surface area (Å²) in [5.74, 6) is -6.33. The van der Waals surface area contributed by atoms with Crippen LogP contribution in [0.25, 0.3) is 0 Å². The lowest BCUT2D eigenvalue weighted by Gasteiger charge is -2.11. The van der Waals surface area contributed by atoms with Gasteiger partial charge in [0.15, 0.2) is 0 Å². The Hall–Kier alpha value is -4.07. The van der Waals surface area contributed by atoms with Gasteiger partial charge in [-0.15, -0.1) is 12.4 Å². The summed E-state index contributed by atoms with van der Waals surface area (Å²) in [5.41, 5.74) is 10.5. The van der Waals surface area contributed by atoms with Gasteiger partial charge in [0, 0.05) is 12.1 Å². The van der Waals surface area contributed by atoms with Gasteiger partial charge in [-0.05, 0) is 39.7 Å². The van der Waals surface area contributed by atoms with E-state index in [4.69, 9.17) is 27.1 Å². The van der Waals surface area contributed by atoms with Crippen molar-refractivity contribution in [3.05, 3.63) is 22.4 Å². The van der Waals surface area contributed by atoms with E-state index >= 15 is 0 Å². The largest absolute Gasteiger partial charge is 0.478 e. The van der Waals surface area contributed by atoms with Gasteiger partial charge in [-0.2, -0.15) is 0 Å². The van der Waals surface area contributed by atoms with E-state index in [0.29, 0.717) is 24.3 Å². The van der Waals surface area contributed by atoms with Crippen LogP contribution in [0.15, 0.2) is 0 Å². The average Bonchev–Trinajstić information content (AvgIpc) is 2.83. The molecule has 1 rings (SSSR count). The topological polar surface area (TPSA) is 250 Å². The van der Waals surface area contributed by atoms with Crippen molar-refractivity contribution in [2.24, 2.45) is 11.7 Å². The number of pyridine rings is 1. The summed E-state index contributed by atoms with van der Waals surface area (Å²) in [6.07, 6.45) is 0.649. The normalized spacial score (nSPS) is 10.1. The molecule has 1 heterocycles. The zero-order valence-electron chi connectivity index (χ0n) is 22.8. The Labute approximate surface area is 232 Å². The minimum Gasteiger partial charge on any atom is -0.478 e. The molecule has 0 aliphatic carbocycles. The fourth-order valence-corrected chi connectivity index (χ4v) is 2.77. The van der Waals surface area contributed by atoms with Gasteiger partial charge in [0.25, 0.3) is 0 Å². The predicted molar refractivity (Wildman–Crippen MR) is 143 cm³/mol. The summed E-state index contributed by atoms with van der Waals surface area (Å²) in [4.78, 5) is 69.3. The average molecular weight is 577 g/mol. The van der Waals surface area contributed by atoms with E-state index in [-0.39, 0.29) is 54.9 Å². The first-order chi connectivity index (χ1) is 17.6. The standard InChI is InChI=1S/C10H12N2O4.C9H14O4.C5H10N2O2.ClH/c1-3-5-4(2)6(9(13)14)7(10(15)16)8(11)12-5;1-4-7(10)6(3)8(11)9(12)13-5-2;1-2-9-5(8)3-4(6)7;/h3H2,1-2H3,(H2,11,12)(H,13,14)(H,15,16);6H,4-5H2,1-3H3;2-3H2,1H3,(H3,6,7);1H. The van der Waals surface area contributed by atoms with E-state index in [2.05, 4.69) is 14.5 Å². The number of rotatable bonds is 11. The van der Waals surface area contributed by atoms with E-state index in [0.717, 1.165) is 0 Å². The molecule has 14 nitrogen and oxygen atoms in total. The van der Waals surface area contributed by atoms with Gasteiger partial charge in [0.2, 0.25) is 5.78 Å². The molecule has 0 fully saturated rings. The van der Waals surface area contributed by atoms with E-state index in [1.165, 1.54) is 13.8 Å². The number of ether oxygens (including phenoxy) is 2. The molecule has 0 amide bonds. The zero-order valence-corrected chi connectivity index (χ0v) is 23.6. The lowest BCUT2D eigenvalue weighted by atomic mass is 10.00. The van der Waals surface area contributed by atoms with Crippen molar-refractivity contribution in [1.29, 1.82) is 5.41 Å². The number of aryl methyl sites for hydroxylation is 1. The van der Waals surface area contributed by atoms with E-state index in [9.17, 15) is 28.8 Å². The summed E-state index contributed by atoms with van der Waals surface area (Å²) in [5, 5.41) is 24.6. The lowest BCUT2D eigenvalue weighted by Crippen LogP contribution is -2.29. The Morgan fingerprint density at radius 2 is 1.44 bits per heavy atom. The number of nitrogens with one attached hydrogen (secondary N) is 1. The van der Waals surface area contributed by atoms with Crippen LogP contribution in [-0.2, 0) is 35.1 Å². The molecule has 0 aliphatic heterocycles. The van der Waals surface area contributed by atoms with Crippen molar-refractivity contribution in [2.45, 2.75) is 60.8 Å². The molecule has 1 aromatic rings. The van der Waals surface area contributed by atoms with E-state index in [1.54, 1.807) is 27.7 Å². The van der Waals surface area contributed by atoms with Gasteiger partial charge >= 0.3 is 23.9 Å². The van der Waals surface area contributed by atoms with Crippen LogP contribution in [0.5, 0.6) is 0 Å². The van der Waals surface area contributed by atoms with Gasteiger partial charge in [-0.3, -0.25) is 19.8 Å². The minimum atomic E-state index is -1.38. The van der Waals surface area contributed by atoms with Crippen LogP contribution < -0.4 is 11.5 Å². The molecule has 0 aliphatic rings. The third-order valence-corrected chi connectivity index (χ3v) is 4.67. The lowest BCUT2D eigenvalue weighted by molar-refractivity contribution is -0.156. The SMILES string of the molecule is CCOC(=O)C(=O)C(C)C(=O)CC.CCOC(=O)CC(=N)N.CCc1nc(N)c(C(=O)O)c(C(=O)O)c1C.Cl. The Bertz CT molecular complexity index is 1060. The minimum absolute atomic E-state index is 0. The van der Waals surface area contributed by atoms with Gasteiger partial charge in [0.05, 0.1) is 24.7 Å². The number of carboxylic acid groups (broad SMARTS) is 2. The Morgan fingerprint density at radius 3 is 1.79 bits per heavy atom. The molecule has 0 saturated heterocycles. The summed E-state index contributed by atoms with van der Waals surface area (Å²) in [7, 11) is 0. The molecule has 0 aromatic carbocycles. The van der Waals surface area contributed by atoms with E-state index < -0.39 is 41.1 Å². The highest BCUT2D eigenvalue weighted by atomic mass is 35.5. The molecule has 0 saturated carbocycles. The highest BCUT2D eigenvalue weighted by Crippen LogP contribution is 2.22. The Morgan fingerprint density at radius 1 is 0.949 bits per heavy atom. The molecule has 39 heavy (non-hydrogen) atoms. The van der Waals surface area contributed by atoms with Gasteiger partial charge in [-0.1, -0.05) is 13.8 Å². The predicted octanol–water partition coefficient (Wildman–Crippen LogP) is 1.96. The van der Waals surface area contributed by atoms with Crippen molar-refractivity contribution in [1.82, 2.24) is 4.98 Å². The summed E-state index contributed by atoms with van der Waals surface area (Å²) < 4.78 is 8.97. The second-order valence-corrected chi connectivity index (χ2v) is 7.42. The second-order valence-electron chi connectivity index (χ2n) is 7.42. The molecule has 1 aromatic heterocycles. The highest BCUT2D eigenvalue weighted by Gasteiger charge is 2.27. The number of halogens is 1. The molecule has 1 unspecified atom stereocenters. The fraction of sp³-hybridized carbons (Fsp3) is 0.500. The summed E-state index contributed by atoms with van der Waals surface area (Å²) in [6.45, 7) is 10.2. The maximum absolute atomic E-state index is 11.1. The summed E-state index contributed by atoms with van der Waals surface area (Å²) in [6, 6.07) is 0. The van der Waals surface area contributed by atoms with Crippen molar-refractivity contribution in [3.63, 3.8) is 0 Å². The first kappa shape index (κ1) is 39.4. The zero-order chi connectivity index (χ0) is 30.2. The molecular formula is C24H37ClN4O10. The first-order valence-corrected chi connectivity index (χ1v) is 11.6. The van der Waals surface area contributed by atoms with Crippen LogP contribution in [0.4, 0.5) is 5.82 Å². The summed E-state index contributed by atoms with van der Waals surface area (Å²) >= 11 is 0.